The first kappa shape index (κ1) is 21.9. The number of ether oxygens (including phenoxy) is 2. The fourth-order valence-electron chi connectivity index (χ4n) is 2.96. The molecule has 160 valence electrons. The van der Waals surface area contributed by atoms with Crippen LogP contribution in [-0.2, 0) is 11.2 Å². The molecule has 0 bridgehead atoms. The minimum absolute atomic E-state index is 0.0759. The average Bonchev–Trinajstić information content (AvgIpc) is 2.79. The predicted octanol–water partition coefficient (Wildman–Crippen LogP) is 4.19. The van der Waals surface area contributed by atoms with Crippen molar-refractivity contribution < 1.29 is 14.3 Å². The summed E-state index contributed by atoms with van der Waals surface area (Å²) in [5.74, 6) is 0.868. The number of carbonyl (C=O) groups excluding carboxylic acids is 1. The average molecular weight is 418 g/mol. The number of hydrogen-bond acceptors (Lipinski definition) is 5. The van der Waals surface area contributed by atoms with Crippen LogP contribution < -0.4 is 20.2 Å². The topological polar surface area (TPSA) is 71.9 Å². The van der Waals surface area contributed by atoms with Gasteiger partial charge in [0, 0.05) is 6.54 Å². The van der Waals surface area contributed by atoms with Crippen molar-refractivity contribution in [2.45, 2.75) is 13.3 Å². The standard InChI is InChI=1S/C25H27N3O3/c1-19-7-6-10-22(15-19)28-27-17-21-11-12-23(24(16-21)30-2)31-18-25(29)26-14-13-20-8-4-3-5-9-20/h3-12,15-17,28H,13-14,18H2,1-2H3,(H,26,29)/b27-17-. The van der Waals surface area contributed by atoms with E-state index in [0.29, 0.717) is 18.0 Å². The fourth-order valence-corrected chi connectivity index (χ4v) is 2.96. The van der Waals surface area contributed by atoms with E-state index in [9.17, 15) is 4.79 Å². The van der Waals surface area contributed by atoms with E-state index in [-0.39, 0.29) is 12.5 Å². The molecule has 0 aliphatic carbocycles. The number of amides is 1. The third-order valence-corrected chi connectivity index (χ3v) is 4.55. The maximum Gasteiger partial charge on any atom is 0.257 e. The third kappa shape index (κ3) is 7.19. The lowest BCUT2D eigenvalue weighted by molar-refractivity contribution is -0.123. The lowest BCUT2D eigenvalue weighted by Gasteiger charge is -2.11. The van der Waals surface area contributed by atoms with Crippen molar-refractivity contribution in [1.29, 1.82) is 0 Å². The minimum Gasteiger partial charge on any atom is -0.493 e. The van der Waals surface area contributed by atoms with Crippen LogP contribution in [0.1, 0.15) is 16.7 Å². The van der Waals surface area contributed by atoms with E-state index in [4.69, 9.17) is 9.47 Å². The maximum atomic E-state index is 12.1. The number of aryl methyl sites for hydroxylation is 1. The molecule has 0 aromatic heterocycles. The molecule has 2 N–H and O–H groups in total. The number of hydrogen-bond donors (Lipinski definition) is 2. The second-order valence-corrected chi connectivity index (χ2v) is 7.02. The minimum atomic E-state index is -0.175. The van der Waals surface area contributed by atoms with Gasteiger partial charge in [-0.1, -0.05) is 42.5 Å². The molecule has 0 radical (unpaired) electrons. The lowest BCUT2D eigenvalue weighted by atomic mass is 10.1. The van der Waals surface area contributed by atoms with Crippen LogP contribution >= 0.6 is 0 Å². The SMILES string of the molecule is COc1cc(/C=N\Nc2cccc(C)c2)ccc1OCC(=O)NCCc1ccccc1. The summed E-state index contributed by atoms with van der Waals surface area (Å²) in [4.78, 5) is 12.1. The van der Waals surface area contributed by atoms with E-state index in [1.807, 2.05) is 73.7 Å². The molecule has 0 aliphatic heterocycles. The summed E-state index contributed by atoms with van der Waals surface area (Å²) in [5, 5.41) is 7.12. The molecule has 0 unspecified atom stereocenters. The van der Waals surface area contributed by atoms with Gasteiger partial charge in [0.2, 0.25) is 0 Å². The number of methoxy groups -OCH3 is 1. The Bertz CT molecular complexity index is 1020. The molecule has 0 aliphatic rings. The van der Waals surface area contributed by atoms with Crippen molar-refractivity contribution in [1.82, 2.24) is 5.32 Å². The monoisotopic (exact) mass is 417 g/mol. The van der Waals surface area contributed by atoms with Gasteiger partial charge in [0.25, 0.3) is 5.91 Å². The Morgan fingerprint density at radius 2 is 1.84 bits per heavy atom. The summed E-state index contributed by atoms with van der Waals surface area (Å²) in [6, 6.07) is 23.4. The summed E-state index contributed by atoms with van der Waals surface area (Å²) < 4.78 is 11.0. The Labute approximate surface area is 182 Å². The summed E-state index contributed by atoms with van der Waals surface area (Å²) in [6.45, 7) is 2.52. The first-order valence-corrected chi connectivity index (χ1v) is 10.1. The van der Waals surface area contributed by atoms with Crippen molar-refractivity contribution in [3.63, 3.8) is 0 Å². The van der Waals surface area contributed by atoms with Gasteiger partial charge in [-0.05, 0) is 60.4 Å². The van der Waals surface area contributed by atoms with E-state index >= 15 is 0 Å². The van der Waals surface area contributed by atoms with Crippen LogP contribution in [0.2, 0.25) is 0 Å². The predicted molar refractivity (Wildman–Crippen MR) is 124 cm³/mol. The molecule has 3 aromatic carbocycles. The van der Waals surface area contributed by atoms with E-state index in [2.05, 4.69) is 15.8 Å². The first-order valence-electron chi connectivity index (χ1n) is 10.1. The smallest absolute Gasteiger partial charge is 0.257 e. The van der Waals surface area contributed by atoms with E-state index in [0.717, 1.165) is 23.2 Å². The molecule has 0 heterocycles. The summed E-state index contributed by atoms with van der Waals surface area (Å²) in [7, 11) is 1.56. The summed E-state index contributed by atoms with van der Waals surface area (Å²) >= 11 is 0. The Hall–Kier alpha value is -3.80. The van der Waals surface area contributed by atoms with Crippen molar-refractivity contribution >= 4 is 17.8 Å². The molecule has 0 saturated carbocycles. The van der Waals surface area contributed by atoms with Crippen LogP contribution in [0.25, 0.3) is 0 Å². The van der Waals surface area contributed by atoms with Gasteiger partial charge in [0.15, 0.2) is 18.1 Å². The highest BCUT2D eigenvalue weighted by Crippen LogP contribution is 2.27. The van der Waals surface area contributed by atoms with E-state index < -0.39 is 0 Å². The van der Waals surface area contributed by atoms with Gasteiger partial charge in [-0.3, -0.25) is 10.2 Å². The number of nitrogens with zero attached hydrogens (tertiary/aromatic N) is 1. The number of rotatable bonds is 10. The summed E-state index contributed by atoms with van der Waals surface area (Å²) in [6.07, 6.45) is 2.48. The molecule has 0 saturated heterocycles. The Morgan fingerprint density at radius 1 is 1.00 bits per heavy atom. The number of nitrogens with one attached hydrogen (secondary N) is 2. The lowest BCUT2D eigenvalue weighted by Crippen LogP contribution is -2.30. The molecule has 0 atom stereocenters. The number of hydrazone groups is 1. The van der Waals surface area contributed by atoms with Gasteiger partial charge in [0.1, 0.15) is 0 Å². The van der Waals surface area contributed by atoms with Crippen LogP contribution in [0, 0.1) is 6.92 Å². The van der Waals surface area contributed by atoms with Crippen LogP contribution in [0.15, 0.2) is 77.9 Å². The van der Waals surface area contributed by atoms with Gasteiger partial charge in [-0.2, -0.15) is 5.10 Å². The molecule has 6 nitrogen and oxygen atoms in total. The first-order chi connectivity index (χ1) is 15.1. The number of carbonyl (C=O) groups is 1. The van der Waals surface area contributed by atoms with Crippen molar-refractivity contribution in [3.05, 3.63) is 89.5 Å². The molecular weight excluding hydrogens is 390 g/mol. The fraction of sp³-hybridized carbons (Fsp3) is 0.200. The van der Waals surface area contributed by atoms with Crippen LogP contribution in [0.3, 0.4) is 0 Å². The highest BCUT2D eigenvalue weighted by Gasteiger charge is 2.08. The number of benzene rings is 3. The molecule has 6 heteroatoms. The second-order valence-electron chi connectivity index (χ2n) is 7.02. The summed E-state index contributed by atoms with van der Waals surface area (Å²) in [5.41, 5.74) is 7.10. The maximum absolute atomic E-state index is 12.1. The zero-order valence-corrected chi connectivity index (χ0v) is 17.8. The van der Waals surface area contributed by atoms with Crippen molar-refractivity contribution in [2.75, 3.05) is 25.7 Å². The highest BCUT2D eigenvalue weighted by atomic mass is 16.5. The van der Waals surface area contributed by atoms with Gasteiger partial charge >= 0.3 is 0 Å². The van der Waals surface area contributed by atoms with Crippen LogP contribution in [0.4, 0.5) is 5.69 Å². The van der Waals surface area contributed by atoms with Gasteiger partial charge < -0.3 is 14.8 Å². The zero-order valence-electron chi connectivity index (χ0n) is 17.8. The largest absolute Gasteiger partial charge is 0.493 e. The zero-order chi connectivity index (χ0) is 21.9. The van der Waals surface area contributed by atoms with Gasteiger partial charge in [0.05, 0.1) is 19.0 Å². The molecular formula is C25H27N3O3. The normalized spacial score (nSPS) is 10.6. The van der Waals surface area contributed by atoms with Crippen molar-refractivity contribution in [2.24, 2.45) is 5.10 Å². The molecule has 0 fully saturated rings. The Balaban J connectivity index is 1.48. The third-order valence-electron chi connectivity index (χ3n) is 4.55. The quantitative estimate of drug-likeness (QED) is 0.383. The van der Waals surface area contributed by atoms with Gasteiger partial charge in [-0.25, -0.2) is 0 Å². The van der Waals surface area contributed by atoms with Crippen LogP contribution in [0.5, 0.6) is 11.5 Å². The Morgan fingerprint density at radius 3 is 2.61 bits per heavy atom. The van der Waals surface area contributed by atoms with Gasteiger partial charge in [-0.15, -0.1) is 0 Å². The Kier molecular flexibility index (Phi) is 8.05. The van der Waals surface area contributed by atoms with E-state index in [1.54, 1.807) is 19.4 Å². The molecule has 1 amide bonds. The second kappa shape index (κ2) is 11.4. The molecule has 0 spiro atoms. The highest BCUT2D eigenvalue weighted by molar-refractivity contribution is 5.82. The molecule has 31 heavy (non-hydrogen) atoms. The van der Waals surface area contributed by atoms with E-state index in [1.165, 1.54) is 5.56 Å². The molecule has 3 aromatic rings. The number of anilines is 1. The molecule has 3 rings (SSSR count). The van der Waals surface area contributed by atoms with Crippen molar-refractivity contribution in [3.8, 4) is 11.5 Å². The van der Waals surface area contributed by atoms with Crippen LogP contribution in [-0.4, -0.2) is 32.4 Å².